The summed E-state index contributed by atoms with van der Waals surface area (Å²) in [5.41, 5.74) is 0.750. The number of nitrogens with one attached hydrogen (secondary N) is 2. The molecule has 0 bridgehead atoms. The monoisotopic (exact) mass is 262 g/mol. The highest BCUT2D eigenvalue weighted by Crippen LogP contribution is 2.24. The molecule has 0 spiro atoms. The third kappa shape index (κ3) is 3.88. The first-order chi connectivity index (χ1) is 9.19. The Bertz CT molecular complexity index is 434. The molecule has 2 N–H and O–H groups in total. The zero-order chi connectivity index (χ0) is 13.7. The molecule has 0 radical (unpaired) electrons. The fourth-order valence-electron chi connectivity index (χ4n) is 2.57. The van der Waals surface area contributed by atoms with Crippen LogP contribution in [0.15, 0.2) is 24.3 Å². The van der Waals surface area contributed by atoms with Crippen molar-refractivity contribution >= 4 is 11.7 Å². The van der Waals surface area contributed by atoms with Crippen molar-refractivity contribution in [2.45, 2.75) is 38.6 Å². The maximum Gasteiger partial charge on any atom is 0.319 e. The van der Waals surface area contributed by atoms with E-state index >= 15 is 0 Å². The van der Waals surface area contributed by atoms with E-state index in [9.17, 15) is 4.79 Å². The number of hydrogen-bond donors (Lipinski definition) is 2. The highest BCUT2D eigenvalue weighted by molar-refractivity contribution is 5.89. The Hall–Kier alpha value is -1.71. The molecular weight excluding hydrogens is 240 g/mol. The SMILES string of the molecule is COc1cccc(NC(=O)N[C@H]2CCCC[C@@H]2C)c1. The average molecular weight is 262 g/mol. The van der Waals surface area contributed by atoms with Crippen LogP contribution in [0.3, 0.4) is 0 Å². The molecule has 104 valence electrons. The van der Waals surface area contributed by atoms with Crippen LogP contribution in [0.4, 0.5) is 10.5 Å². The number of rotatable bonds is 3. The zero-order valence-corrected chi connectivity index (χ0v) is 11.6. The predicted molar refractivity (Wildman–Crippen MR) is 76.6 cm³/mol. The van der Waals surface area contributed by atoms with E-state index in [0.717, 1.165) is 17.9 Å². The highest BCUT2D eigenvalue weighted by Gasteiger charge is 2.22. The number of carbonyl (C=O) groups is 1. The lowest BCUT2D eigenvalue weighted by Gasteiger charge is -2.29. The molecule has 1 saturated carbocycles. The smallest absolute Gasteiger partial charge is 0.319 e. The van der Waals surface area contributed by atoms with Gasteiger partial charge in [-0.25, -0.2) is 4.79 Å². The van der Waals surface area contributed by atoms with Gasteiger partial charge in [0.2, 0.25) is 0 Å². The minimum atomic E-state index is -0.132. The standard InChI is InChI=1S/C15H22N2O2/c1-11-6-3-4-9-14(11)17-15(18)16-12-7-5-8-13(10-12)19-2/h5,7-8,10-11,14H,3-4,6,9H2,1-2H3,(H2,16,17,18)/t11-,14-/m0/s1. The summed E-state index contributed by atoms with van der Waals surface area (Å²) in [7, 11) is 1.61. The van der Waals surface area contributed by atoms with Gasteiger partial charge < -0.3 is 15.4 Å². The molecule has 19 heavy (non-hydrogen) atoms. The van der Waals surface area contributed by atoms with Crippen molar-refractivity contribution < 1.29 is 9.53 Å². The normalized spacial score (nSPS) is 22.6. The summed E-state index contributed by atoms with van der Waals surface area (Å²) < 4.78 is 5.13. The fraction of sp³-hybridized carbons (Fsp3) is 0.533. The molecule has 4 heteroatoms. The zero-order valence-electron chi connectivity index (χ0n) is 11.6. The van der Waals surface area contributed by atoms with E-state index in [1.165, 1.54) is 19.3 Å². The molecule has 0 unspecified atom stereocenters. The maximum absolute atomic E-state index is 12.0. The van der Waals surface area contributed by atoms with Crippen molar-refractivity contribution in [1.29, 1.82) is 0 Å². The van der Waals surface area contributed by atoms with Crippen molar-refractivity contribution in [2.24, 2.45) is 5.92 Å². The minimum Gasteiger partial charge on any atom is -0.497 e. The van der Waals surface area contributed by atoms with Gasteiger partial charge in [0.15, 0.2) is 0 Å². The van der Waals surface area contributed by atoms with E-state index in [2.05, 4.69) is 17.6 Å². The molecule has 2 atom stereocenters. The second-order valence-electron chi connectivity index (χ2n) is 5.20. The van der Waals surface area contributed by atoms with Crippen molar-refractivity contribution in [3.63, 3.8) is 0 Å². The van der Waals surface area contributed by atoms with Crippen LogP contribution < -0.4 is 15.4 Å². The Balaban J connectivity index is 1.89. The summed E-state index contributed by atoms with van der Waals surface area (Å²) in [5, 5.41) is 5.92. The Kier molecular flexibility index (Phi) is 4.66. The molecule has 1 fully saturated rings. The predicted octanol–water partition coefficient (Wildman–Crippen LogP) is 3.40. The quantitative estimate of drug-likeness (QED) is 0.877. The first-order valence-corrected chi connectivity index (χ1v) is 6.90. The summed E-state index contributed by atoms with van der Waals surface area (Å²) in [6.45, 7) is 2.20. The number of benzene rings is 1. The van der Waals surface area contributed by atoms with Gasteiger partial charge in [0.05, 0.1) is 7.11 Å². The Morgan fingerprint density at radius 2 is 2.11 bits per heavy atom. The molecule has 1 aromatic carbocycles. The van der Waals surface area contributed by atoms with Crippen LogP contribution in [-0.4, -0.2) is 19.2 Å². The summed E-state index contributed by atoms with van der Waals surface area (Å²) in [5.74, 6) is 1.30. The second kappa shape index (κ2) is 6.45. The molecule has 0 aliphatic heterocycles. The molecule has 2 rings (SSSR count). The molecule has 1 aromatic rings. The van der Waals surface area contributed by atoms with Crippen LogP contribution in [0.5, 0.6) is 5.75 Å². The molecule has 4 nitrogen and oxygen atoms in total. The number of ether oxygens (including phenoxy) is 1. The molecule has 0 heterocycles. The third-order valence-corrected chi connectivity index (χ3v) is 3.76. The largest absolute Gasteiger partial charge is 0.497 e. The summed E-state index contributed by atoms with van der Waals surface area (Å²) in [4.78, 5) is 12.0. The van der Waals surface area contributed by atoms with Gasteiger partial charge in [-0.1, -0.05) is 25.8 Å². The summed E-state index contributed by atoms with van der Waals surface area (Å²) in [6.07, 6.45) is 4.75. The van der Waals surface area contributed by atoms with Crippen LogP contribution in [0.1, 0.15) is 32.6 Å². The molecule has 1 aliphatic carbocycles. The molecular formula is C15H22N2O2. The number of anilines is 1. The molecule has 0 saturated heterocycles. The van der Waals surface area contributed by atoms with Gasteiger partial charge in [-0.05, 0) is 30.9 Å². The first-order valence-electron chi connectivity index (χ1n) is 6.90. The van der Waals surface area contributed by atoms with Gasteiger partial charge in [0.1, 0.15) is 5.75 Å². The van der Waals surface area contributed by atoms with Crippen molar-refractivity contribution in [3.8, 4) is 5.75 Å². The number of carbonyl (C=O) groups excluding carboxylic acids is 1. The van der Waals surface area contributed by atoms with Crippen LogP contribution in [0, 0.1) is 5.92 Å². The van der Waals surface area contributed by atoms with E-state index in [4.69, 9.17) is 4.74 Å². The molecule has 0 aromatic heterocycles. The summed E-state index contributed by atoms with van der Waals surface area (Å²) >= 11 is 0. The lowest BCUT2D eigenvalue weighted by Crippen LogP contribution is -2.43. The molecule has 2 amide bonds. The number of amides is 2. The maximum atomic E-state index is 12.0. The van der Waals surface area contributed by atoms with Crippen LogP contribution in [0.25, 0.3) is 0 Å². The van der Waals surface area contributed by atoms with E-state index in [1.54, 1.807) is 7.11 Å². The number of urea groups is 1. The van der Waals surface area contributed by atoms with E-state index in [1.807, 2.05) is 24.3 Å². The number of methoxy groups -OCH3 is 1. The third-order valence-electron chi connectivity index (χ3n) is 3.76. The minimum absolute atomic E-state index is 0.132. The lowest BCUT2D eigenvalue weighted by molar-refractivity contribution is 0.232. The fourth-order valence-corrected chi connectivity index (χ4v) is 2.57. The highest BCUT2D eigenvalue weighted by atomic mass is 16.5. The van der Waals surface area contributed by atoms with Crippen LogP contribution in [-0.2, 0) is 0 Å². The van der Waals surface area contributed by atoms with Gasteiger partial charge in [-0.2, -0.15) is 0 Å². The van der Waals surface area contributed by atoms with E-state index in [-0.39, 0.29) is 6.03 Å². The van der Waals surface area contributed by atoms with Gasteiger partial charge in [-0.15, -0.1) is 0 Å². The van der Waals surface area contributed by atoms with Crippen molar-refractivity contribution in [1.82, 2.24) is 5.32 Å². The Morgan fingerprint density at radius 1 is 1.32 bits per heavy atom. The topological polar surface area (TPSA) is 50.4 Å². The van der Waals surface area contributed by atoms with E-state index < -0.39 is 0 Å². The summed E-state index contributed by atoms with van der Waals surface area (Å²) in [6, 6.07) is 7.53. The first kappa shape index (κ1) is 13.7. The van der Waals surface area contributed by atoms with Gasteiger partial charge in [0, 0.05) is 17.8 Å². The Labute approximate surface area is 114 Å². The second-order valence-corrected chi connectivity index (χ2v) is 5.20. The van der Waals surface area contributed by atoms with Gasteiger partial charge in [-0.3, -0.25) is 0 Å². The molecule has 1 aliphatic rings. The van der Waals surface area contributed by atoms with Crippen molar-refractivity contribution in [2.75, 3.05) is 12.4 Å². The van der Waals surface area contributed by atoms with Gasteiger partial charge in [0.25, 0.3) is 0 Å². The van der Waals surface area contributed by atoms with Gasteiger partial charge >= 0.3 is 6.03 Å². The Morgan fingerprint density at radius 3 is 2.84 bits per heavy atom. The average Bonchev–Trinajstić information content (AvgIpc) is 2.41. The lowest BCUT2D eigenvalue weighted by atomic mass is 9.86. The number of hydrogen-bond acceptors (Lipinski definition) is 2. The van der Waals surface area contributed by atoms with Crippen LogP contribution in [0.2, 0.25) is 0 Å². The van der Waals surface area contributed by atoms with Crippen LogP contribution >= 0.6 is 0 Å². The van der Waals surface area contributed by atoms with Crippen molar-refractivity contribution in [3.05, 3.63) is 24.3 Å². The van der Waals surface area contributed by atoms with E-state index in [0.29, 0.717) is 12.0 Å².